The third-order valence-electron chi connectivity index (χ3n) is 2.05. The van der Waals surface area contributed by atoms with Crippen molar-refractivity contribution < 1.29 is 0 Å². The molecule has 0 bridgehead atoms. The lowest BCUT2D eigenvalue weighted by Gasteiger charge is -2.06. The molecule has 0 saturated carbocycles. The Hall–Kier alpha value is -1.20. The van der Waals surface area contributed by atoms with Crippen molar-refractivity contribution in [2.24, 2.45) is 12.8 Å². The summed E-state index contributed by atoms with van der Waals surface area (Å²) >= 11 is 1.66. The molecule has 0 aliphatic heterocycles. The Labute approximate surface area is 86.4 Å². The third-order valence-corrected chi connectivity index (χ3v) is 2.75. The van der Waals surface area contributed by atoms with E-state index in [0.29, 0.717) is 0 Å². The molecule has 74 valence electrons. The Morgan fingerprint density at radius 3 is 3.07 bits per heavy atom. The van der Waals surface area contributed by atoms with Crippen LogP contribution in [-0.4, -0.2) is 15.0 Å². The molecule has 0 fully saturated rings. The molecule has 2 aromatic rings. The summed E-state index contributed by atoms with van der Waals surface area (Å²) in [5, 5.41) is 12.3. The van der Waals surface area contributed by atoms with Gasteiger partial charge in [-0.05, 0) is 22.4 Å². The van der Waals surface area contributed by atoms with Crippen molar-refractivity contribution in [1.29, 1.82) is 0 Å². The van der Waals surface area contributed by atoms with Gasteiger partial charge in [-0.1, -0.05) is 0 Å². The molecule has 5 heteroatoms. The molecule has 0 amide bonds. The van der Waals surface area contributed by atoms with Gasteiger partial charge in [0.25, 0.3) is 0 Å². The maximum absolute atomic E-state index is 6.01. The van der Waals surface area contributed by atoms with Gasteiger partial charge in [-0.15, -0.1) is 0 Å². The standard InChI is InChI=1S/C9H12N4S/c1-13-11-5-8(12-13)4-9(10)7-2-3-14-6-7/h2-3,5-6,9H,4,10H2,1H3. The molecule has 0 spiro atoms. The van der Waals surface area contributed by atoms with E-state index in [9.17, 15) is 0 Å². The zero-order valence-electron chi connectivity index (χ0n) is 7.92. The zero-order chi connectivity index (χ0) is 9.97. The smallest absolute Gasteiger partial charge is 0.0846 e. The minimum atomic E-state index is 0.0259. The fraction of sp³-hybridized carbons (Fsp3) is 0.333. The monoisotopic (exact) mass is 208 g/mol. The van der Waals surface area contributed by atoms with Gasteiger partial charge in [-0.25, -0.2) is 0 Å². The highest BCUT2D eigenvalue weighted by atomic mass is 32.1. The lowest BCUT2D eigenvalue weighted by atomic mass is 10.1. The van der Waals surface area contributed by atoms with Gasteiger partial charge in [0.15, 0.2) is 0 Å². The van der Waals surface area contributed by atoms with Gasteiger partial charge in [0.1, 0.15) is 0 Å². The maximum Gasteiger partial charge on any atom is 0.0846 e. The minimum absolute atomic E-state index is 0.0259. The molecule has 14 heavy (non-hydrogen) atoms. The van der Waals surface area contributed by atoms with Crippen molar-refractivity contribution in [3.63, 3.8) is 0 Å². The summed E-state index contributed by atoms with van der Waals surface area (Å²) in [6.45, 7) is 0. The first-order valence-electron chi connectivity index (χ1n) is 4.38. The Balaban J connectivity index is 2.05. The van der Waals surface area contributed by atoms with Crippen molar-refractivity contribution in [2.75, 3.05) is 0 Å². The van der Waals surface area contributed by atoms with Crippen LogP contribution in [0.4, 0.5) is 0 Å². The third kappa shape index (κ3) is 2.00. The normalized spacial score (nSPS) is 13.0. The Morgan fingerprint density at radius 2 is 2.50 bits per heavy atom. The van der Waals surface area contributed by atoms with Crippen LogP contribution in [0, 0.1) is 0 Å². The van der Waals surface area contributed by atoms with Gasteiger partial charge in [0.2, 0.25) is 0 Å². The van der Waals surface area contributed by atoms with E-state index < -0.39 is 0 Å². The van der Waals surface area contributed by atoms with Crippen LogP contribution in [0.3, 0.4) is 0 Å². The average Bonchev–Trinajstić information content (AvgIpc) is 2.75. The molecule has 0 saturated heterocycles. The molecule has 1 atom stereocenters. The molecule has 0 aromatic carbocycles. The van der Waals surface area contributed by atoms with Crippen molar-refractivity contribution in [3.8, 4) is 0 Å². The van der Waals surface area contributed by atoms with Crippen LogP contribution in [0.2, 0.25) is 0 Å². The van der Waals surface area contributed by atoms with E-state index in [1.807, 2.05) is 11.4 Å². The van der Waals surface area contributed by atoms with E-state index in [4.69, 9.17) is 5.73 Å². The number of aryl methyl sites for hydroxylation is 1. The topological polar surface area (TPSA) is 56.7 Å². The molecule has 0 radical (unpaired) electrons. The Bertz CT molecular complexity index is 393. The number of hydrogen-bond acceptors (Lipinski definition) is 4. The fourth-order valence-corrected chi connectivity index (χ4v) is 2.04. The number of nitrogens with zero attached hydrogens (tertiary/aromatic N) is 3. The van der Waals surface area contributed by atoms with Crippen LogP contribution in [0.15, 0.2) is 23.0 Å². The first kappa shape index (κ1) is 9.36. The van der Waals surface area contributed by atoms with Gasteiger partial charge in [0.05, 0.1) is 11.9 Å². The van der Waals surface area contributed by atoms with Crippen molar-refractivity contribution in [2.45, 2.75) is 12.5 Å². The van der Waals surface area contributed by atoms with Crippen LogP contribution >= 0.6 is 11.3 Å². The van der Waals surface area contributed by atoms with Gasteiger partial charge >= 0.3 is 0 Å². The summed E-state index contributed by atoms with van der Waals surface area (Å²) in [5.74, 6) is 0. The average molecular weight is 208 g/mol. The van der Waals surface area contributed by atoms with E-state index in [0.717, 1.165) is 12.1 Å². The van der Waals surface area contributed by atoms with Gasteiger partial charge in [-0.2, -0.15) is 26.3 Å². The molecular formula is C9H12N4S. The number of hydrogen-bond donors (Lipinski definition) is 1. The molecule has 2 rings (SSSR count). The first-order chi connectivity index (χ1) is 6.75. The molecule has 2 aromatic heterocycles. The second kappa shape index (κ2) is 3.89. The molecule has 2 heterocycles. The van der Waals surface area contributed by atoms with E-state index in [1.165, 1.54) is 5.56 Å². The molecule has 0 aliphatic rings. The molecule has 1 unspecified atom stereocenters. The second-order valence-corrected chi connectivity index (χ2v) is 3.97. The highest BCUT2D eigenvalue weighted by Gasteiger charge is 2.09. The fourth-order valence-electron chi connectivity index (χ4n) is 1.31. The lowest BCUT2D eigenvalue weighted by Crippen LogP contribution is -2.12. The van der Waals surface area contributed by atoms with Crippen molar-refractivity contribution in [3.05, 3.63) is 34.3 Å². The molecular weight excluding hydrogens is 196 g/mol. The van der Waals surface area contributed by atoms with Gasteiger partial charge < -0.3 is 5.73 Å². The van der Waals surface area contributed by atoms with Gasteiger partial charge in [0, 0.05) is 19.5 Å². The van der Waals surface area contributed by atoms with Crippen molar-refractivity contribution in [1.82, 2.24) is 15.0 Å². The lowest BCUT2D eigenvalue weighted by molar-refractivity contribution is 0.630. The predicted octanol–water partition coefficient (Wildman–Crippen LogP) is 1.12. The summed E-state index contributed by atoms with van der Waals surface area (Å²) in [7, 11) is 1.81. The minimum Gasteiger partial charge on any atom is -0.324 e. The number of nitrogens with two attached hydrogens (primary N) is 1. The van der Waals surface area contributed by atoms with E-state index in [-0.39, 0.29) is 6.04 Å². The Morgan fingerprint density at radius 1 is 1.64 bits per heavy atom. The van der Waals surface area contributed by atoms with Crippen LogP contribution < -0.4 is 5.73 Å². The Kier molecular flexibility index (Phi) is 2.60. The predicted molar refractivity (Wildman–Crippen MR) is 56.0 cm³/mol. The van der Waals surface area contributed by atoms with E-state index >= 15 is 0 Å². The highest BCUT2D eigenvalue weighted by Crippen LogP contribution is 2.17. The summed E-state index contributed by atoms with van der Waals surface area (Å²) in [5.41, 5.74) is 8.11. The van der Waals surface area contributed by atoms with Crippen molar-refractivity contribution >= 4 is 11.3 Å². The second-order valence-electron chi connectivity index (χ2n) is 3.19. The van der Waals surface area contributed by atoms with Crippen LogP contribution in [0.25, 0.3) is 0 Å². The molecule has 2 N–H and O–H groups in total. The number of thiophene rings is 1. The maximum atomic E-state index is 6.01. The largest absolute Gasteiger partial charge is 0.324 e. The molecule has 0 aliphatic carbocycles. The summed E-state index contributed by atoms with van der Waals surface area (Å²) in [6.07, 6.45) is 2.50. The first-order valence-corrected chi connectivity index (χ1v) is 5.33. The van der Waals surface area contributed by atoms with Crippen LogP contribution in [0.5, 0.6) is 0 Å². The van der Waals surface area contributed by atoms with Crippen LogP contribution in [-0.2, 0) is 13.5 Å². The number of aromatic nitrogens is 3. The SMILES string of the molecule is Cn1ncc(CC(N)c2ccsc2)n1. The summed E-state index contributed by atoms with van der Waals surface area (Å²) < 4.78 is 0. The summed E-state index contributed by atoms with van der Waals surface area (Å²) in [4.78, 5) is 1.55. The van der Waals surface area contributed by atoms with Gasteiger partial charge in [-0.3, -0.25) is 0 Å². The molecule has 4 nitrogen and oxygen atoms in total. The number of rotatable bonds is 3. The zero-order valence-corrected chi connectivity index (χ0v) is 8.74. The quantitative estimate of drug-likeness (QED) is 0.822. The summed E-state index contributed by atoms with van der Waals surface area (Å²) in [6, 6.07) is 2.07. The van der Waals surface area contributed by atoms with E-state index in [1.54, 1.807) is 29.4 Å². The van der Waals surface area contributed by atoms with Crippen LogP contribution in [0.1, 0.15) is 17.3 Å². The van der Waals surface area contributed by atoms with E-state index in [2.05, 4.69) is 15.6 Å². The highest BCUT2D eigenvalue weighted by molar-refractivity contribution is 7.07.